The molecule has 1 atom stereocenters. The Kier molecular flexibility index (Phi) is 4.71. The highest BCUT2D eigenvalue weighted by Crippen LogP contribution is 2.32. The molecule has 0 saturated carbocycles. The second kappa shape index (κ2) is 6.30. The summed E-state index contributed by atoms with van der Waals surface area (Å²) in [6, 6.07) is 3.92. The summed E-state index contributed by atoms with van der Waals surface area (Å²) in [7, 11) is 1.39. The largest absolute Gasteiger partial charge is 0.466 e. The molecule has 1 aliphatic heterocycles. The number of ether oxygens (including phenoxy) is 2. The van der Waals surface area contributed by atoms with Gasteiger partial charge in [0.1, 0.15) is 4.60 Å². The van der Waals surface area contributed by atoms with Gasteiger partial charge in [0.15, 0.2) is 0 Å². The molecular formula is C14H16BrNO3. The summed E-state index contributed by atoms with van der Waals surface area (Å²) < 4.78 is 11.3. The maximum absolute atomic E-state index is 11.3. The predicted molar refractivity (Wildman–Crippen MR) is 74.7 cm³/mol. The van der Waals surface area contributed by atoms with Crippen molar-refractivity contribution >= 4 is 21.9 Å². The second-order valence-electron chi connectivity index (χ2n) is 4.45. The lowest BCUT2D eigenvalue weighted by Crippen LogP contribution is -2.16. The number of hydrogen-bond acceptors (Lipinski definition) is 4. The number of pyridine rings is 1. The van der Waals surface area contributed by atoms with Gasteiger partial charge in [-0.1, -0.05) is 11.6 Å². The van der Waals surface area contributed by atoms with Crippen LogP contribution in [-0.4, -0.2) is 24.7 Å². The monoisotopic (exact) mass is 325 g/mol. The summed E-state index contributed by atoms with van der Waals surface area (Å²) >= 11 is 3.35. The molecule has 0 spiro atoms. The van der Waals surface area contributed by atoms with E-state index in [9.17, 15) is 4.79 Å². The summed E-state index contributed by atoms with van der Waals surface area (Å²) in [5.74, 6) is -0.304. The van der Waals surface area contributed by atoms with Crippen LogP contribution >= 0.6 is 15.9 Å². The zero-order valence-electron chi connectivity index (χ0n) is 11.0. The zero-order chi connectivity index (χ0) is 13.8. The van der Waals surface area contributed by atoms with Crippen molar-refractivity contribution in [1.29, 1.82) is 0 Å². The Morgan fingerprint density at radius 2 is 2.37 bits per heavy atom. The van der Waals surface area contributed by atoms with Crippen LogP contribution in [0.4, 0.5) is 0 Å². The van der Waals surface area contributed by atoms with Gasteiger partial charge in [0.05, 0.1) is 19.8 Å². The van der Waals surface area contributed by atoms with E-state index in [4.69, 9.17) is 4.74 Å². The number of rotatable bonds is 2. The Labute approximate surface area is 120 Å². The molecule has 5 heteroatoms. The van der Waals surface area contributed by atoms with Crippen LogP contribution in [0.5, 0.6) is 0 Å². The molecule has 0 radical (unpaired) electrons. The van der Waals surface area contributed by atoms with E-state index < -0.39 is 0 Å². The van der Waals surface area contributed by atoms with Crippen LogP contribution in [0.25, 0.3) is 0 Å². The number of carbonyl (C=O) groups is 1. The molecule has 1 fully saturated rings. The first-order valence-corrected chi connectivity index (χ1v) is 6.91. The van der Waals surface area contributed by atoms with E-state index in [0.717, 1.165) is 27.9 Å². The van der Waals surface area contributed by atoms with Crippen molar-refractivity contribution in [2.24, 2.45) is 0 Å². The smallest absolute Gasteiger partial charge is 0.330 e. The Morgan fingerprint density at radius 3 is 3.05 bits per heavy atom. The summed E-state index contributed by atoms with van der Waals surface area (Å²) in [4.78, 5) is 15.7. The van der Waals surface area contributed by atoms with E-state index in [1.807, 2.05) is 19.1 Å². The number of methoxy groups -OCH3 is 1. The Balaban J connectivity index is 2.17. The van der Waals surface area contributed by atoms with Crippen molar-refractivity contribution in [1.82, 2.24) is 4.98 Å². The molecule has 1 aliphatic rings. The van der Waals surface area contributed by atoms with Crippen LogP contribution in [0, 0.1) is 6.92 Å². The lowest BCUT2D eigenvalue weighted by Gasteiger charge is -2.26. The first-order chi connectivity index (χ1) is 9.10. The highest BCUT2D eigenvalue weighted by Gasteiger charge is 2.22. The van der Waals surface area contributed by atoms with Gasteiger partial charge >= 0.3 is 5.97 Å². The molecule has 1 aromatic rings. The summed E-state index contributed by atoms with van der Waals surface area (Å²) in [5, 5.41) is 0. The number of esters is 1. The SMILES string of the molecule is COC(=O)/C=C1/CCOC(c2ccc(Br)nc2C)C1. The maximum Gasteiger partial charge on any atom is 0.330 e. The molecule has 4 nitrogen and oxygen atoms in total. The molecule has 0 aliphatic carbocycles. The van der Waals surface area contributed by atoms with Gasteiger partial charge in [-0.05, 0) is 41.8 Å². The van der Waals surface area contributed by atoms with E-state index in [2.05, 4.69) is 25.7 Å². The minimum Gasteiger partial charge on any atom is -0.466 e. The molecule has 1 unspecified atom stereocenters. The average molecular weight is 326 g/mol. The second-order valence-corrected chi connectivity index (χ2v) is 5.26. The van der Waals surface area contributed by atoms with Gasteiger partial charge in [-0.3, -0.25) is 0 Å². The highest BCUT2D eigenvalue weighted by molar-refractivity contribution is 9.10. The highest BCUT2D eigenvalue weighted by atomic mass is 79.9. The van der Waals surface area contributed by atoms with Gasteiger partial charge in [-0.25, -0.2) is 9.78 Å². The Morgan fingerprint density at radius 1 is 1.58 bits per heavy atom. The average Bonchev–Trinajstić information content (AvgIpc) is 2.39. The van der Waals surface area contributed by atoms with Gasteiger partial charge in [-0.2, -0.15) is 0 Å². The van der Waals surface area contributed by atoms with Crippen molar-refractivity contribution in [2.75, 3.05) is 13.7 Å². The number of aryl methyl sites for hydroxylation is 1. The van der Waals surface area contributed by atoms with E-state index in [-0.39, 0.29) is 12.1 Å². The standard InChI is InChI=1S/C14H16BrNO3/c1-9-11(3-4-13(15)16-9)12-7-10(5-6-19-12)8-14(17)18-2/h3-4,8,12H,5-7H2,1-2H3/b10-8-. The first kappa shape index (κ1) is 14.2. The van der Waals surface area contributed by atoms with Gasteiger partial charge in [-0.15, -0.1) is 0 Å². The minimum absolute atomic E-state index is 0.0368. The lowest BCUT2D eigenvalue weighted by molar-refractivity contribution is -0.134. The van der Waals surface area contributed by atoms with Crippen LogP contribution in [0.1, 0.15) is 30.2 Å². The van der Waals surface area contributed by atoms with E-state index in [1.54, 1.807) is 6.08 Å². The zero-order valence-corrected chi connectivity index (χ0v) is 12.6. The van der Waals surface area contributed by atoms with Crippen LogP contribution < -0.4 is 0 Å². The number of nitrogens with zero attached hydrogens (tertiary/aromatic N) is 1. The minimum atomic E-state index is -0.304. The van der Waals surface area contributed by atoms with Crippen molar-refractivity contribution in [3.8, 4) is 0 Å². The van der Waals surface area contributed by atoms with Gasteiger partial charge in [0.2, 0.25) is 0 Å². The fourth-order valence-electron chi connectivity index (χ4n) is 2.17. The van der Waals surface area contributed by atoms with Crippen molar-refractivity contribution in [2.45, 2.75) is 25.9 Å². The van der Waals surface area contributed by atoms with Crippen molar-refractivity contribution < 1.29 is 14.3 Å². The number of hydrogen-bond donors (Lipinski definition) is 0. The van der Waals surface area contributed by atoms with Gasteiger partial charge in [0, 0.05) is 17.3 Å². The van der Waals surface area contributed by atoms with E-state index in [0.29, 0.717) is 13.0 Å². The third kappa shape index (κ3) is 3.64. The molecule has 1 saturated heterocycles. The normalized spacial score (nSPS) is 21.4. The quantitative estimate of drug-likeness (QED) is 0.476. The third-order valence-corrected chi connectivity index (χ3v) is 3.59. The van der Waals surface area contributed by atoms with Crippen LogP contribution in [0.3, 0.4) is 0 Å². The first-order valence-electron chi connectivity index (χ1n) is 6.12. The van der Waals surface area contributed by atoms with Crippen molar-refractivity contribution in [3.05, 3.63) is 39.6 Å². The lowest BCUT2D eigenvalue weighted by atomic mass is 9.96. The van der Waals surface area contributed by atoms with Crippen LogP contribution in [0.15, 0.2) is 28.4 Å². The Hall–Kier alpha value is -1.20. The number of aromatic nitrogens is 1. The molecule has 0 bridgehead atoms. The summed E-state index contributed by atoms with van der Waals surface area (Å²) in [6.45, 7) is 2.57. The Bertz CT molecular complexity index is 513. The fraction of sp³-hybridized carbons (Fsp3) is 0.429. The third-order valence-electron chi connectivity index (χ3n) is 3.15. The number of carbonyl (C=O) groups excluding carboxylic acids is 1. The van der Waals surface area contributed by atoms with Crippen molar-refractivity contribution in [3.63, 3.8) is 0 Å². The number of halogens is 1. The van der Waals surface area contributed by atoms with E-state index >= 15 is 0 Å². The molecule has 102 valence electrons. The summed E-state index contributed by atoms with van der Waals surface area (Å²) in [6.07, 6.45) is 3.01. The molecule has 0 aromatic carbocycles. The fourth-order valence-corrected chi connectivity index (χ4v) is 2.57. The van der Waals surface area contributed by atoms with Crippen LogP contribution in [-0.2, 0) is 14.3 Å². The molecule has 1 aromatic heterocycles. The molecule has 19 heavy (non-hydrogen) atoms. The van der Waals surface area contributed by atoms with Crippen LogP contribution in [0.2, 0.25) is 0 Å². The van der Waals surface area contributed by atoms with E-state index in [1.165, 1.54) is 7.11 Å². The van der Waals surface area contributed by atoms with Gasteiger partial charge < -0.3 is 9.47 Å². The molecule has 2 rings (SSSR count). The molecular weight excluding hydrogens is 310 g/mol. The molecule has 0 N–H and O–H groups in total. The topological polar surface area (TPSA) is 48.4 Å². The molecule has 2 heterocycles. The maximum atomic E-state index is 11.3. The summed E-state index contributed by atoms with van der Waals surface area (Å²) in [5.41, 5.74) is 3.07. The van der Waals surface area contributed by atoms with Gasteiger partial charge in [0.25, 0.3) is 0 Å². The predicted octanol–water partition coefficient (Wildman–Crippen LogP) is 3.10. The molecule has 0 amide bonds.